The minimum absolute atomic E-state index is 0.125. The van der Waals surface area contributed by atoms with Crippen molar-refractivity contribution in [3.8, 4) is 5.75 Å². The Morgan fingerprint density at radius 3 is 2.73 bits per heavy atom. The molecule has 0 unspecified atom stereocenters. The van der Waals surface area contributed by atoms with Crippen molar-refractivity contribution < 1.29 is 9.53 Å². The van der Waals surface area contributed by atoms with E-state index in [9.17, 15) is 4.79 Å². The van der Waals surface area contributed by atoms with Gasteiger partial charge in [0.2, 0.25) is 0 Å². The normalized spacial score (nSPS) is 10.7. The highest BCUT2D eigenvalue weighted by atomic mass is 35.5. The van der Waals surface area contributed by atoms with Crippen molar-refractivity contribution in [1.29, 1.82) is 0 Å². The van der Waals surface area contributed by atoms with Crippen LogP contribution in [0.5, 0.6) is 5.75 Å². The maximum absolute atomic E-state index is 11.6. The molecule has 0 aliphatic heterocycles. The quantitative estimate of drug-likeness (QED) is 0.681. The van der Waals surface area contributed by atoms with E-state index in [0.29, 0.717) is 16.5 Å². The summed E-state index contributed by atoms with van der Waals surface area (Å²) in [6, 6.07) is 9.01. The number of benzene rings is 1. The van der Waals surface area contributed by atoms with Gasteiger partial charge in [0, 0.05) is 11.2 Å². The van der Waals surface area contributed by atoms with E-state index in [-0.39, 0.29) is 12.5 Å². The molecule has 1 amide bonds. The third kappa shape index (κ3) is 4.56. The van der Waals surface area contributed by atoms with E-state index < -0.39 is 0 Å². The fourth-order valence-electron chi connectivity index (χ4n) is 1.79. The van der Waals surface area contributed by atoms with Crippen molar-refractivity contribution in [1.82, 2.24) is 10.4 Å². The number of carbonyl (C=O) groups excluding carboxylic acids is 1. The third-order valence-electron chi connectivity index (χ3n) is 2.85. The molecule has 0 bridgehead atoms. The van der Waals surface area contributed by atoms with Gasteiger partial charge in [0.05, 0.1) is 11.9 Å². The number of aromatic nitrogens is 1. The number of halogens is 1. The number of aryl methyl sites for hydroxylation is 2. The summed E-state index contributed by atoms with van der Waals surface area (Å²) in [5, 5.41) is 4.52. The number of ether oxygens (including phenoxy) is 1. The molecule has 0 aliphatic rings. The molecule has 0 saturated heterocycles. The molecule has 114 valence electrons. The van der Waals surface area contributed by atoms with E-state index in [1.165, 1.54) is 6.21 Å². The summed E-state index contributed by atoms with van der Waals surface area (Å²) < 4.78 is 5.43. The highest BCUT2D eigenvalue weighted by Crippen LogP contribution is 2.25. The van der Waals surface area contributed by atoms with Crippen LogP contribution in [0.1, 0.15) is 16.8 Å². The van der Waals surface area contributed by atoms with Gasteiger partial charge in [-0.1, -0.05) is 17.7 Å². The predicted octanol–water partition coefficient (Wildman–Crippen LogP) is 2.88. The van der Waals surface area contributed by atoms with Crippen LogP contribution in [0, 0.1) is 13.8 Å². The molecular formula is C16H16ClN3O2. The first kappa shape index (κ1) is 16.0. The maximum Gasteiger partial charge on any atom is 0.277 e. The standard InChI is InChI=1S/C16H16ClN3O2/c1-11-7-14(8-12(2)16(11)17)22-10-15(21)20-19-9-13-5-3-4-6-18-13/h3-9H,10H2,1-2H3,(H,20,21)/b19-9+. The summed E-state index contributed by atoms with van der Waals surface area (Å²) in [5.74, 6) is 0.251. The van der Waals surface area contributed by atoms with Crippen LogP contribution in [0.4, 0.5) is 0 Å². The van der Waals surface area contributed by atoms with Crippen molar-refractivity contribution in [2.45, 2.75) is 13.8 Å². The Hall–Kier alpha value is -2.40. The Balaban J connectivity index is 1.84. The topological polar surface area (TPSA) is 63.6 Å². The number of amides is 1. The number of hydrogen-bond donors (Lipinski definition) is 1. The summed E-state index contributed by atoms with van der Waals surface area (Å²) >= 11 is 6.08. The average Bonchev–Trinajstić information content (AvgIpc) is 2.51. The zero-order valence-corrected chi connectivity index (χ0v) is 13.1. The van der Waals surface area contributed by atoms with Crippen LogP contribution < -0.4 is 10.2 Å². The molecule has 6 heteroatoms. The van der Waals surface area contributed by atoms with Crippen molar-refractivity contribution in [2.24, 2.45) is 5.10 Å². The van der Waals surface area contributed by atoms with Gasteiger partial charge in [-0.2, -0.15) is 5.10 Å². The van der Waals surface area contributed by atoms with Crippen LogP contribution in [-0.4, -0.2) is 23.7 Å². The van der Waals surface area contributed by atoms with Gasteiger partial charge < -0.3 is 4.74 Å². The fourth-order valence-corrected chi connectivity index (χ4v) is 1.90. The lowest BCUT2D eigenvalue weighted by Gasteiger charge is -2.09. The van der Waals surface area contributed by atoms with Crippen LogP contribution in [0.25, 0.3) is 0 Å². The largest absolute Gasteiger partial charge is 0.484 e. The van der Waals surface area contributed by atoms with Crippen LogP contribution in [0.3, 0.4) is 0 Å². The molecule has 0 spiro atoms. The molecular weight excluding hydrogens is 302 g/mol. The molecule has 5 nitrogen and oxygen atoms in total. The van der Waals surface area contributed by atoms with E-state index in [1.54, 1.807) is 30.5 Å². The first-order chi connectivity index (χ1) is 10.6. The molecule has 2 aromatic rings. The molecule has 1 aromatic carbocycles. The number of nitrogens with zero attached hydrogens (tertiary/aromatic N) is 2. The maximum atomic E-state index is 11.6. The van der Waals surface area contributed by atoms with Gasteiger partial charge in [0.15, 0.2) is 6.61 Å². The Labute approximate surface area is 134 Å². The zero-order valence-electron chi connectivity index (χ0n) is 12.3. The van der Waals surface area contributed by atoms with Gasteiger partial charge in [-0.3, -0.25) is 9.78 Å². The smallest absolute Gasteiger partial charge is 0.277 e. The van der Waals surface area contributed by atoms with Crippen molar-refractivity contribution in [3.05, 3.63) is 58.4 Å². The molecule has 22 heavy (non-hydrogen) atoms. The molecule has 2 rings (SSSR count). The van der Waals surface area contributed by atoms with Crippen LogP contribution in [0.15, 0.2) is 41.6 Å². The van der Waals surface area contributed by atoms with E-state index in [2.05, 4.69) is 15.5 Å². The second-order valence-electron chi connectivity index (χ2n) is 4.71. The minimum Gasteiger partial charge on any atom is -0.484 e. The molecule has 0 aliphatic carbocycles. The first-order valence-electron chi connectivity index (χ1n) is 6.69. The number of pyridine rings is 1. The lowest BCUT2D eigenvalue weighted by molar-refractivity contribution is -0.123. The van der Waals surface area contributed by atoms with Gasteiger partial charge in [0.25, 0.3) is 5.91 Å². The van der Waals surface area contributed by atoms with E-state index >= 15 is 0 Å². The van der Waals surface area contributed by atoms with Gasteiger partial charge in [-0.25, -0.2) is 5.43 Å². The van der Waals surface area contributed by atoms with Gasteiger partial charge in [0.1, 0.15) is 5.75 Å². The summed E-state index contributed by atoms with van der Waals surface area (Å²) in [5.41, 5.74) is 4.86. The van der Waals surface area contributed by atoms with E-state index in [4.69, 9.17) is 16.3 Å². The third-order valence-corrected chi connectivity index (χ3v) is 3.45. The highest BCUT2D eigenvalue weighted by Gasteiger charge is 2.06. The van der Waals surface area contributed by atoms with Crippen LogP contribution >= 0.6 is 11.6 Å². The van der Waals surface area contributed by atoms with E-state index in [0.717, 1.165) is 11.1 Å². The monoisotopic (exact) mass is 317 g/mol. The second-order valence-corrected chi connectivity index (χ2v) is 5.09. The molecule has 0 radical (unpaired) electrons. The van der Waals surface area contributed by atoms with Gasteiger partial charge >= 0.3 is 0 Å². The highest BCUT2D eigenvalue weighted by molar-refractivity contribution is 6.32. The van der Waals surface area contributed by atoms with Crippen molar-refractivity contribution in [3.63, 3.8) is 0 Å². The molecule has 0 saturated carbocycles. The SMILES string of the molecule is Cc1cc(OCC(=O)N/N=C/c2ccccn2)cc(C)c1Cl. The Morgan fingerprint density at radius 2 is 2.09 bits per heavy atom. The number of carbonyl (C=O) groups is 1. The number of hydrazone groups is 1. The number of hydrogen-bond acceptors (Lipinski definition) is 4. The first-order valence-corrected chi connectivity index (χ1v) is 7.06. The number of rotatable bonds is 5. The number of nitrogens with one attached hydrogen (secondary N) is 1. The van der Waals surface area contributed by atoms with Gasteiger partial charge in [-0.15, -0.1) is 0 Å². The summed E-state index contributed by atoms with van der Waals surface area (Å²) in [6.07, 6.45) is 3.12. The van der Waals surface area contributed by atoms with Crippen LogP contribution in [-0.2, 0) is 4.79 Å². The average molecular weight is 318 g/mol. The van der Waals surface area contributed by atoms with E-state index in [1.807, 2.05) is 19.9 Å². The molecule has 0 atom stereocenters. The lowest BCUT2D eigenvalue weighted by atomic mass is 10.1. The second kappa shape index (κ2) is 7.56. The minimum atomic E-state index is -0.350. The summed E-state index contributed by atoms with van der Waals surface area (Å²) in [6.45, 7) is 3.65. The Morgan fingerprint density at radius 1 is 1.36 bits per heavy atom. The fraction of sp³-hybridized carbons (Fsp3) is 0.188. The molecule has 1 aromatic heterocycles. The Bertz CT molecular complexity index is 664. The molecule has 0 fully saturated rings. The summed E-state index contributed by atoms with van der Waals surface area (Å²) in [7, 11) is 0. The van der Waals surface area contributed by atoms with Crippen molar-refractivity contribution >= 4 is 23.7 Å². The predicted molar refractivity (Wildman–Crippen MR) is 86.4 cm³/mol. The van der Waals surface area contributed by atoms with Gasteiger partial charge in [-0.05, 0) is 49.2 Å². The molecule has 1 N–H and O–H groups in total. The van der Waals surface area contributed by atoms with Crippen molar-refractivity contribution in [2.75, 3.05) is 6.61 Å². The molecule has 1 heterocycles. The lowest BCUT2D eigenvalue weighted by Crippen LogP contribution is -2.24. The zero-order chi connectivity index (χ0) is 15.9. The summed E-state index contributed by atoms with van der Waals surface area (Å²) in [4.78, 5) is 15.7. The van der Waals surface area contributed by atoms with Crippen LogP contribution in [0.2, 0.25) is 5.02 Å². The Kier molecular flexibility index (Phi) is 5.49.